The summed E-state index contributed by atoms with van der Waals surface area (Å²) in [7, 11) is 4.20. The van der Waals surface area contributed by atoms with Crippen LogP contribution in [-0.2, 0) is 11.3 Å². The van der Waals surface area contributed by atoms with E-state index in [1.54, 1.807) is 0 Å². The number of benzene rings is 2. The Morgan fingerprint density at radius 2 is 1.67 bits per heavy atom. The van der Waals surface area contributed by atoms with Gasteiger partial charge in [0.15, 0.2) is 17.3 Å². The predicted molar refractivity (Wildman–Crippen MR) is 110 cm³/mol. The van der Waals surface area contributed by atoms with Gasteiger partial charge in [-0.15, -0.1) is 0 Å². The molecular formula is C22H27NO7. The standard InChI is InChI=1S/C22H27NO7/c1-27-18-12-16(20(25)17(24)10-7-11-23-22(26)29-3)13-19(28-2)21(18)30-14-15-8-5-4-6-9-15/h4-6,8-9,12-13,17,24H,7,10-11,14H2,1-3H3,(H,23,26). The van der Waals surface area contributed by atoms with Gasteiger partial charge in [0.1, 0.15) is 12.7 Å². The van der Waals surface area contributed by atoms with E-state index in [2.05, 4.69) is 10.1 Å². The largest absolute Gasteiger partial charge is 0.493 e. The highest BCUT2D eigenvalue weighted by molar-refractivity contribution is 6.00. The van der Waals surface area contributed by atoms with Crippen molar-refractivity contribution in [3.63, 3.8) is 0 Å². The second-order valence-corrected chi connectivity index (χ2v) is 6.42. The van der Waals surface area contributed by atoms with E-state index in [-0.39, 0.29) is 18.5 Å². The molecule has 0 radical (unpaired) electrons. The number of carbonyl (C=O) groups is 2. The Bertz CT molecular complexity index is 814. The number of amides is 1. The maximum Gasteiger partial charge on any atom is 0.406 e. The average molecular weight is 417 g/mol. The monoisotopic (exact) mass is 417 g/mol. The highest BCUT2D eigenvalue weighted by Gasteiger charge is 2.22. The van der Waals surface area contributed by atoms with Crippen LogP contribution in [0, 0.1) is 0 Å². The molecule has 8 heteroatoms. The summed E-state index contributed by atoms with van der Waals surface area (Å²) in [6, 6.07) is 12.6. The van der Waals surface area contributed by atoms with Crippen LogP contribution in [0.1, 0.15) is 28.8 Å². The van der Waals surface area contributed by atoms with Crippen molar-refractivity contribution in [3.05, 3.63) is 53.6 Å². The van der Waals surface area contributed by atoms with Crippen molar-refractivity contribution in [3.8, 4) is 17.2 Å². The molecule has 1 unspecified atom stereocenters. The maximum atomic E-state index is 12.6. The number of methoxy groups -OCH3 is 3. The average Bonchev–Trinajstić information content (AvgIpc) is 2.79. The lowest BCUT2D eigenvalue weighted by atomic mass is 10.0. The van der Waals surface area contributed by atoms with Gasteiger partial charge in [0.25, 0.3) is 0 Å². The van der Waals surface area contributed by atoms with E-state index in [1.807, 2.05) is 30.3 Å². The molecule has 162 valence electrons. The molecule has 0 aliphatic carbocycles. The van der Waals surface area contributed by atoms with Gasteiger partial charge in [-0.1, -0.05) is 30.3 Å². The molecule has 0 spiro atoms. The number of carbonyl (C=O) groups excluding carboxylic acids is 2. The molecule has 0 bridgehead atoms. The third-order valence-electron chi connectivity index (χ3n) is 4.38. The van der Waals surface area contributed by atoms with Crippen molar-refractivity contribution < 1.29 is 33.6 Å². The van der Waals surface area contributed by atoms with Crippen LogP contribution < -0.4 is 19.5 Å². The molecule has 2 aromatic rings. The highest BCUT2D eigenvalue weighted by Crippen LogP contribution is 2.39. The lowest BCUT2D eigenvalue weighted by Gasteiger charge is -2.17. The van der Waals surface area contributed by atoms with Crippen LogP contribution in [0.2, 0.25) is 0 Å². The summed E-state index contributed by atoms with van der Waals surface area (Å²) >= 11 is 0. The zero-order valence-corrected chi connectivity index (χ0v) is 17.3. The number of hydrogen-bond acceptors (Lipinski definition) is 7. The number of alkyl carbamates (subject to hydrolysis) is 1. The zero-order valence-electron chi connectivity index (χ0n) is 17.3. The lowest BCUT2D eigenvalue weighted by molar-refractivity contribution is 0.0726. The number of ketones is 1. The van der Waals surface area contributed by atoms with Crippen LogP contribution >= 0.6 is 0 Å². The molecule has 2 N–H and O–H groups in total. The van der Waals surface area contributed by atoms with Gasteiger partial charge < -0.3 is 29.4 Å². The van der Waals surface area contributed by atoms with Gasteiger partial charge in [0, 0.05) is 12.1 Å². The Morgan fingerprint density at radius 3 is 2.23 bits per heavy atom. The number of hydrogen-bond donors (Lipinski definition) is 2. The summed E-state index contributed by atoms with van der Waals surface area (Å²) in [6.45, 7) is 0.590. The molecular weight excluding hydrogens is 390 g/mol. The first kappa shape index (κ1) is 23.0. The summed E-state index contributed by atoms with van der Waals surface area (Å²) in [5, 5.41) is 12.7. The van der Waals surface area contributed by atoms with Gasteiger partial charge in [-0.2, -0.15) is 0 Å². The first-order valence-electron chi connectivity index (χ1n) is 9.47. The Labute approximate surface area is 175 Å². The minimum Gasteiger partial charge on any atom is -0.493 e. The second kappa shape index (κ2) is 11.7. The van der Waals surface area contributed by atoms with Crippen molar-refractivity contribution in [2.75, 3.05) is 27.9 Å². The topological polar surface area (TPSA) is 103 Å². The SMILES string of the molecule is COC(=O)NCCCC(O)C(=O)c1cc(OC)c(OCc2ccccc2)c(OC)c1. The Balaban J connectivity index is 2.09. The van der Waals surface area contributed by atoms with Crippen LogP contribution in [0.3, 0.4) is 0 Å². The third kappa shape index (κ3) is 6.38. The summed E-state index contributed by atoms with van der Waals surface area (Å²) in [4.78, 5) is 23.7. The molecule has 0 aliphatic rings. The zero-order chi connectivity index (χ0) is 21.9. The van der Waals surface area contributed by atoms with E-state index in [1.165, 1.54) is 33.5 Å². The Morgan fingerprint density at radius 1 is 1.03 bits per heavy atom. The smallest absolute Gasteiger partial charge is 0.406 e. The second-order valence-electron chi connectivity index (χ2n) is 6.42. The quantitative estimate of drug-likeness (QED) is 0.428. The third-order valence-corrected chi connectivity index (χ3v) is 4.38. The van der Waals surface area contributed by atoms with E-state index in [0.717, 1.165) is 5.56 Å². The molecule has 2 aromatic carbocycles. The number of aliphatic hydroxyl groups is 1. The maximum absolute atomic E-state index is 12.6. The molecule has 0 saturated heterocycles. The first-order chi connectivity index (χ1) is 14.5. The minimum absolute atomic E-state index is 0.180. The minimum atomic E-state index is -1.23. The number of aliphatic hydroxyl groups excluding tert-OH is 1. The molecule has 1 amide bonds. The number of nitrogens with one attached hydrogen (secondary N) is 1. The highest BCUT2D eigenvalue weighted by atomic mass is 16.5. The van der Waals surface area contributed by atoms with E-state index < -0.39 is 18.0 Å². The lowest BCUT2D eigenvalue weighted by Crippen LogP contribution is -2.26. The van der Waals surface area contributed by atoms with Crippen molar-refractivity contribution in [2.24, 2.45) is 0 Å². The summed E-state index contributed by atoms with van der Waals surface area (Å²) in [5.41, 5.74) is 1.21. The molecule has 0 saturated carbocycles. The van der Waals surface area contributed by atoms with E-state index in [4.69, 9.17) is 14.2 Å². The van der Waals surface area contributed by atoms with Gasteiger partial charge in [-0.05, 0) is 30.5 Å². The van der Waals surface area contributed by atoms with Gasteiger partial charge >= 0.3 is 6.09 Å². The number of Topliss-reactive ketones (excluding diaryl/α,β-unsaturated/α-hetero) is 1. The van der Waals surface area contributed by atoms with E-state index in [0.29, 0.717) is 30.3 Å². The van der Waals surface area contributed by atoms with Crippen molar-refractivity contribution in [1.82, 2.24) is 5.32 Å². The van der Waals surface area contributed by atoms with Crippen LogP contribution in [0.4, 0.5) is 4.79 Å². The normalized spacial score (nSPS) is 11.3. The Kier molecular flexibility index (Phi) is 8.96. The fourth-order valence-corrected chi connectivity index (χ4v) is 2.78. The number of rotatable bonds is 11. The van der Waals surface area contributed by atoms with E-state index in [9.17, 15) is 14.7 Å². The summed E-state index contributed by atoms with van der Waals surface area (Å²) in [5.74, 6) is 0.554. The molecule has 0 aliphatic heterocycles. The van der Waals surface area contributed by atoms with Crippen molar-refractivity contribution in [1.29, 1.82) is 0 Å². The van der Waals surface area contributed by atoms with Gasteiger partial charge in [0.05, 0.1) is 21.3 Å². The predicted octanol–water partition coefficient (Wildman–Crippen LogP) is 2.96. The molecule has 0 fully saturated rings. The molecule has 2 rings (SSSR count). The van der Waals surface area contributed by atoms with Crippen molar-refractivity contribution in [2.45, 2.75) is 25.6 Å². The van der Waals surface area contributed by atoms with Crippen LogP contribution in [-0.4, -0.2) is 51.0 Å². The molecule has 30 heavy (non-hydrogen) atoms. The van der Waals surface area contributed by atoms with Crippen LogP contribution in [0.5, 0.6) is 17.2 Å². The van der Waals surface area contributed by atoms with Crippen molar-refractivity contribution >= 4 is 11.9 Å². The van der Waals surface area contributed by atoms with Gasteiger partial charge in [0.2, 0.25) is 5.75 Å². The molecule has 0 heterocycles. The van der Waals surface area contributed by atoms with Gasteiger partial charge in [-0.25, -0.2) is 4.79 Å². The number of ether oxygens (including phenoxy) is 4. The fraction of sp³-hybridized carbons (Fsp3) is 0.364. The van der Waals surface area contributed by atoms with Gasteiger partial charge in [-0.3, -0.25) is 4.79 Å². The van der Waals surface area contributed by atoms with E-state index >= 15 is 0 Å². The molecule has 8 nitrogen and oxygen atoms in total. The molecule has 1 atom stereocenters. The summed E-state index contributed by atoms with van der Waals surface area (Å²) < 4.78 is 21.1. The molecule has 0 aromatic heterocycles. The van der Waals surface area contributed by atoms with Crippen LogP contribution in [0.25, 0.3) is 0 Å². The Hall–Kier alpha value is -3.26. The van der Waals surface area contributed by atoms with Crippen LogP contribution in [0.15, 0.2) is 42.5 Å². The first-order valence-corrected chi connectivity index (χ1v) is 9.47. The summed E-state index contributed by atoms with van der Waals surface area (Å²) in [6.07, 6.45) is -1.19. The fourth-order valence-electron chi connectivity index (χ4n) is 2.78.